The molecule has 0 fully saturated rings. The third-order valence-corrected chi connectivity index (χ3v) is 8.38. The fraction of sp³-hybridized carbons (Fsp3) is 0.938. The summed E-state index contributed by atoms with van der Waals surface area (Å²) in [7, 11) is -3.19. The van der Waals surface area contributed by atoms with E-state index >= 15 is 0 Å². The Morgan fingerprint density at radius 2 is 1.44 bits per heavy atom. The maximum absolute atomic E-state index is 12.3. The van der Waals surface area contributed by atoms with Gasteiger partial charge in [0.15, 0.2) is 5.78 Å². The lowest BCUT2D eigenvalue weighted by molar-refractivity contribution is -0.118. The second-order valence-electron chi connectivity index (χ2n) is 6.18. The first-order chi connectivity index (χ1) is 11.8. The van der Waals surface area contributed by atoms with E-state index in [1.807, 2.05) is 0 Å². The fourth-order valence-electron chi connectivity index (χ4n) is 2.76. The Hall–Kier alpha value is -0.323. The number of carbonyl (C=O) groups excluding carboxylic acids is 1. The molecule has 0 aliphatic rings. The third kappa shape index (κ3) is 9.81. The van der Waals surface area contributed by atoms with E-state index in [0.717, 1.165) is 19.3 Å². The molecule has 150 valence electrons. The second kappa shape index (κ2) is 12.9. The van der Waals surface area contributed by atoms with Gasteiger partial charge in [-0.2, -0.15) is 8.42 Å². The summed E-state index contributed by atoms with van der Waals surface area (Å²) < 4.78 is 48.3. The lowest BCUT2D eigenvalue weighted by Crippen LogP contribution is -2.44. The lowest BCUT2D eigenvalue weighted by atomic mass is 10.0. The van der Waals surface area contributed by atoms with Crippen molar-refractivity contribution >= 4 is 24.7 Å². The highest BCUT2D eigenvalue weighted by molar-refractivity contribution is 7.87. The van der Waals surface area contributed by atoms with Gasteiger partial charge in [0, 0.05) is 33.8 Å². The molecule has 0 heterocycles. The van der Waals surface area contributed by atoms with E-state index in [2.05, 4.69) is 6.92 Å². The normalized spacial score (nSPS) is 13.8. The van der Waals surface area contributed by atoms with Gasteiger partial charge in [-0.05, 0) is 12.8 Å². The summed E-state index contributed by atoms with van der Waals surface area (Å²) in [5.41, 5.74) is 0. The summed E-state index contributed by atoms with van der Waals surface area (Å²) in [6, 6.07) is 0.143. The highest BCUT2D eigenvalue weighted by Gasteiger charge is 2.41. The molecule has 0 amide bonds. The van der Waals surface area contributed by atoms with E-state index in [9.17, 15) is 17.8 Å². The average Bonchev–Trinajstić information content (AvgIpc) is 2.57. The van der Waals surface area contributed by atoms with E-state index in [1.165, 1.54) is 40.6 Å². The highest BCUT2D eigenvalue weighted by atomic mass is 32.2. The van der Waals surface area contributed by atoms with Crippen LogP contribution in [0.3, 0.4) is 0 Å². The van der Waals surface area contributed by atoms with Gasteiger partial charge in [-0.25, -0.2) is 0 Å². The van der Waals surface area contributed by atoms with Gasteiger partial charge < -0.3 is 13.3 Å². The molecule has 1 atom stereocenters. The zero-order valence-electron chi connectivity index (χ0n) is 16.0. The maximum atomic E-state index is 12.3. The molecule has 0 aromatic heterocycles. The molecule has 0 spiro atoms. The average molecular weight is 399 g/mol. The first-order valence-corrected chi connectivity index (χ1v) is 12.3. The van der Waals surface area contributed by atoms with Crippen LogP contribution in [-0.2, 0) is 28.2 Å². The predicted octanol–water partition coefficient (Wildman–Crippen LogP) is 3.22. The van der Waals surface area contributed by atoms with Gasteiger partial charge in [0.2, 0.25) is 0 Å². The van der Waals surface area contributed by atoms with Crippen molar-refractivity contribution < 1.29 is 31.0 Å². The molecule has 1 N–H and O–H groups in total. The van der Waals surface area contributed by atoms with Gasteiger partial charge in [0.05, 0.1) is 0 Å². The number of carbonyl (C=O) groups is 1. The van der Waals surface area contributed by atoms with Gasteiger partial charge in [-0.1, -0.05) is 45.4 Å². The van der Waals surface area contributed by atoms with Crippen LogP contribution >= 0.6 is 0 Å². The maximum Gasteiger partial charge on any atom is 0.500 e. The van der Waals surface area contributed by atoms with Crippen LogP contribution in [0.1, 0.15) is 64.7 Å². The van der Waals surface area contributed by atoms with Crippen molar-refractivity contribution in [3.05, 3.63) is 0 Å². The number of hydrogen-bond donors (Lipinski definition) is 1. The van der Waals surface area contributed by atoms with Crippen molar-refractivity contribution in [1.82, 2.24) is 0 Å². The second-order valence-corrected chi connectivity index (χ2v) is 10.9. The molecular formula is C16H34O7SSi. The Kier molecular flexibility index (Phi) is 12.8. The highest BCUT2D eigenvalue weighted by Crippen LogP contribution is 2.21. The quantitative estimate of drug-likeness (QED) is 0.242. The molecular weight excluding hydrogens is 364 g/mol. The minimum atomic E-state index is -4.46. The van der Waals surface area contributed by atoms with Crippen LogP contribution in [0.4, 0.5) is 0 Å². The van der Waals surface area contributed by atoms with E-state index in [0.29, 0.717) is 6.42 Å². The minimum Gasteiger partial charge on any atom is -0.377 e. The molecule has 0 aromatic rings. The van der Waals surface area contributed by atoms with Crippen LogP contribution in [0.15, 0.2) is 0 Å². The van der Waals surface area contributed by atoms with Gasteiger partial charge in [-0.3, -0.25) is 9.35 Å². The largest absolute Gasteiger partial charge is 0.500 e. The first-order valence-electron chi connectivity index (χ1n) is 8.90. The summed E-state index contributed by atoms with van der Waals surface area (Å²) in [6.45, 7) is 2.16. The van der Waals surface area contributed by atoms with Crippen LogP contribution in [0.5, 0.6) is 0 Å². The van der Waals surface area contributed by atoms with Gasteiger partial charge in [0.1, 0.15) is 5.25 Å². The van der Waals surface area contributed by atoms with E-state index in [-0.39, 0.29) is 18.9 Å². The monoisotopic (exact) mass is 398 g/mol. The molecule has 0 aliphatic heterocycles. The number of ketones is 1. The Morgan fingerprint density at radius 3 is 1.88 bits per heavy atom. The lowest BCUT2D eigenvalue weighted by Gasteiger charge is -2.25. The van der Waals surface area contributed by atoms with Gasteiger partial charge >= 0.3 is 8.80 Å². The van der Waals surface area contributed by atoms with Crippen LogP contribution < -0.4 is 0 Å². The van der Waals surface area contributed by atoms with Crippen molar-refractivity contribution in [2.24, 2.45) is 0 Å². The van der Waals surface area contributed by atoms with Crippen LogP contribution in [0, 0.1) is 0 Å². The zero-order valence-corrected chi connectivity index (χ0v) is 17.8. The molecule has 1 unspecified atom stereocenters. The SMILES string of the molecule is CCCCCCCCCC(=O)C(CC[Si](OC)(OC)OC)S(=O)(=O)O. The number of hydrogen-bond acceptors (Lipinski definition) is 6. The Labute approximate surface area is 153 Å². The minimum absolute atomic E-state index is 0.0735. The fourth-order valence-corrected chi connectivity index (χ4v) is 5.59. The van der Waals surface area contributed by atoms with Crippen molar-refractivity contribution in [2.45, 2.75) is 76.0 Å². The first kappa shape index (κ1) is 24.7. The predicted molar refractivity (Wildman–Crippen MR) is 99.2 cm³/mol. The molecule has 0 rings (SSSR count). The van der Waals surface area contributed by atoms with Crippen molar-refractivity contribution in [2.75, 3.05) is 21.3 Å². The van der Waals surface area contributed by atoms with Crippen LogP contribution in [0.25, 0.3) is 0 Å². The Balaban J connectivity index is 4.50. The molecule has 0 saturated heterocycles. The van der Waals surface area contributed by atoms with Gasteiger partial charge in [0.25, 0.3) is 10.1 Å². The number of unbranched alkanes of at least 4 members (excludes halogenated alkanes) is 6. The zero-order chi connectivity index (χ0) is 19.3. The number of rotatable bonds is 16. The standard InChI is InChI=1S/C16H34O7SSi/c1-5-6-7-8-9-10-11-12-15(17)16(24(18,19)20)13-14-25(21-2,22-3)23-4/h16H,5-14H2,1-4H3,(H,18,19,20). The molecule has 7 nitrogen and oxygen atoms in total. The summed E-state index contributed by atoms with van der Waals surface area (Å²) in [4.78, 5) is 12.3. The smallest absolute Gasteiger partial charge is 0.377 e. The van der Waals surface area contributed by atoms with E-state index in [1.54, 1.807) is 0 Å². The van der Waals surface area contributed by atoms with Crippen LogP contribution in [0.2, 0.25) is 6.04 Å². The molecule has 0 bridgehead atoms. The molecule has 0 radical (unpaired) electrons. The molecule has 0 aromatic carbocycles. The molecule has 0 saturated carbocycles. The van der Waals surface area contributed by atoms with E-state index in [4.69, 9.17) is 13.3 Å². The topological polar surface area (TPSA) is 99.1 Å². The van der Waals surface area contributed by atoms with Crippen LogP contribution in [-0.4, -0.2) is 54.1 Å². The van der Waals surface area contributed by atoms with Gasteiger partial charge in [-0.15, -0.1) is 0 Å². The summed E-state index contributed by atoms with van der Waals surface area (Å²) in [5, 5.41) is -1.44. The van der Waals surface area contributed by atoms with E-state index < -0.39 is 30.0 Å². The van der Waals surface area contributed by atoms with Crippen molar-refractivity contribution in [3.8, 4) is 0 Å². The molecule has 0 aliphatic carbocycles. The Morgan fingerprint density at radius 1 is 0.960 bits per heavy atom. The summed E-state index contributed by atoms with van der Waals surface area (Å²) in [6.07, 6.45) is 7.37. The molecule has 25 heavy (non-hydrogen) atoms. The third-order valence-electron chi connectivity index (χ3n) is 4.39. The van der Waals surface area contributed by atoms with Crippen molar-refractivity contribution in [3.63, 3.8) is 0 Å². The molecule has 9 heteroatoms. The summed E-state index contributed by atoms with van der Waals surface area (Å²) >= 11 is 0. The summed E-state index contributed by atoms with van der Waals surface area (Å²) in [5.74, 6) is -0.456. The van der Waals surface area contributed by atoms with Crippen molar-refractivity contribution in [1.29, 1.82) is 0 Å². The number of Topliss-reactive ketones (excluding diaryl/α,β-unsaturated/α-hetero) is 1. The Bertz CT molecular complexity index is 455.